The molecule has 1 N–H and O–H groups in total. The smallest absolute Gasteiger partial charge is 0.353 e. The molecule has 4 rings (SSSR count). The molecule has 5 nitrogen and oxygen atoms in total. The highest BCUT2D eigenvalue weighted by Crippen LogP contribution is 2.44. The van der Waals surface area contributed by atoms with E-state index in [1.165, 1.54) is 23.1 Å². The molecule has 1 saturated heterocycles. The Bertz CT molecular complexity index is 799. The Balaban J connectivity index is 1.71. The van der Waals surface area contributed by atoms with Crippen LogP contribution in [0.25, 0.3) is 0 Å². The van der Waals surface area contributed by atoms with Gasteiger partial charge in [0.2, 0.25) is 5.91 Å². The van der Waals surface area contributed by atoms with E-state index in [1.807, 2.05) is 0 Å². The number of amides is 2. The Kier molecular flexibility index (Phi) is 5.09. The fraction of sp³-hybridized carbons (Fsp3) is 0.619. The lowest BCUT2D eigenvalue weighted by Gasteiger charge is -2.43. The highest BCUT2D eigenvalue weighted by atomic mass is 19.4. The number of hydrogen-bond donors (Lipinski definition) is 1. The topological polar surface area (TPSA) is 58.6 Å². The van der Waals surface area contributed by atoms with E-state index in [9.17, 15) is 22.8 Å². The number of benzene rings is 1. The Hall–Kier alpha value is -2.09. The van der Waals surface area contributed by atoms with Crippen molar-refractivity contribution in [3.63, 3.8) is 0 Å². The minimum absolute atomic E-state index is 0.00680. The predicted molar refractivity (Wildman–Crippen MR) is 98.9 cm³/mol. The lowest BCUT2D eigenvalue weighted by molar-refractivity contribution is -0.138. The average Bonchev–Trinajstić information content (AvgIpc) is 3.42. The zero-order valence-electron chi connectivity index (χ0n) is 16.3. The number of nitrogens with one attached hydrogen (secondary N) is 1. The highest BCUT2D eigenvalue weighted by molar-refractivity contribution is 5.99. The van der Waals surface area contributed by atoms with Crippen molar-refractivity contribution in [3.8, 4) is 0 Å². The Morgan fingerprint density at radius 1 is 1.14 bits per heavy atom. The fourth-order valence-electron chi connectivity index (χ4n) is 4.35. The van der Waals surface area contributed by atoms with Crippen LogP contribution in [0.2, 0.25) is 0 Å². The second kappa shape index (κ2) is 7.31. The summed E-state index contributed by atoms with van der Waals surface area (Å²) in [6, 6.07) is 3.92. The summed E-state index contributed by atoms with van der Waals surface area (Å²) in [6.45, 7) is 2.11. The molecule has 0 radical (unpaired) electrons. The standard InChI is InChI=1S/C21H25F3N2O3/c1-13-8-10-20(11-9-13)26(17(12-29-20)18(27)25-14-6-7-14)19(28)15-4-2-3-5-16(15)21(22,23)24/h2-5,13-14,17H,6-12H2,1H3,(H,25,27)/t13?,17-,20?/m0/s1. The lowest BCUT2D eigenvalue weighted by Crippen LogP contribution is -2.57. The summed E-state index contributed by atoms with van der Waals surface area (Å²) in [5.41, 5.74) is -2.45. The minimum Gasteiger partial charge on any atom is -0.353 e. The van der Waals surface area contributed by atoms with E-state index in [4.69, 9.17) is 4.74 Å². The van der Waals surface area contributed by atoms with E-state index >= 15 is 0 Å². The molecule has 1 heterocycles. The maximum atomic E-state index is 13.5. The van der Waals surface area contributed by atoms with Crippen LogP contribution < -0.4 is 5.32 Å². The van der Waals surface area contributed by atoms with E-state index in [1.54, 1.807) is 0 Å². The summed E-state index contributed by atoms with van der Waals surface area (Å²) in [5, 5.41) is 2.87. The van der Waals surface area contributed by atoms with Gasteiger partial charge < -0.3 is 10.1 Å². The number of ether oxygens (including phenoxy) is 1. The van der Waals surface area contributed by atoms with Crippen LogP contribution in [-0.4, -0.2) is 41.1 Å². The van der Waals surface area contributed by atoms with Gasteiger partial charge in [-0.1, -0.05) is 19.1 Å². The monoisotopic (exact) mass is 410 g/mol. The van der Waals surface area contributed by atoms with Gasteiger partial charge in [-0.3, -0.25) is 14.5 Å². The van der Waals surface area contributed by atoms with Gasteiger partial charge in [0.1, 0.15) is 11.8 Å². The van der Waals surface area contributed by atoms with Crippen LogP contribution in [0, 0.1) is 5.92 Å². The second-order valence-electron chi connectivity index (χ2n) is 8.46. The first-order chi connectivity index (χ1) is 13.7. The van der Waals surface area contributed by atoms with Crippen molar-refractivity contribution in [2.75, 3.05) is 6.61 Å². The molecule has 0 bridgehead atoms. The largest absolute Gasteiger partial charge is 0.417 e. The summed E-state index contributed by atoms with van der Waals surface area (Å²) in [5.74, 6) is -0.690. The van der Waals surface area contributed by atoms with Crippen LogP contribution in [0.5, 0.6) is 0 Å². The van der Waals surface area contributed by atoms with Gasteiger partial charge in [0.25, 0.3) is 5.91 Å². The molecule has 0 aromatic heterocycles. The molecule has 1 aliphatic heterocycles. The molecule has 1 spiro atoms. The molecule has 8 heteroatoms. The van der Waals surface area contributed by atoms with Crippen molar-refractivity contribution in [3.05, 3.63) is 35.4 Å². The van der Waals surface area contributed by atoms with Crippen molar-refractivity contribution < 1.29 is 27.5 Å². The number of rotatable bonds is 3. The predicted octanol–water partition coefficient (Wildman–Crippen LogP) is 3.73. The van der Waals surface area contributed by atoms with E-state index < -0.39 is 35.0 Å². The quantitative estimate of drug-likeness (QED) is 0.826. The maximum absolute atomic E-state index is 13.5. The zero-order chi connectivity index (χ0) is 20.8. The number of nitrogens with zero attached hydrogens (tertiary/aromatic N) is 1. The van der Waals surface area contributed by atoms with Gasteiger partial charge >= 0.3 is 6.18 Å². The third-order valence-corrected chi connectivity index (χ3v) is 6.22. The molecule has 1 atom stereocenters. The van der Waals surface area contributed by atoms with Gasteiger partial charge in [0.05, 0.1) is 17.7 Å². The first-order valence-corrected chi connectivity index (χ1v) is 10.2. The van der Waals surface area contributed by atoms with Crippen LogP contribution in [0.1, 0.15) is 61.4 Å². The van der Waals surface area contributed by atoms with Crippen molar-refractivity contribution in [1.82, 2.24) is 10.2 Å². The molecule has 29 heavy (non-hydrogen) atoms. The number of carbonyl (C=O) groups excluding carboxylic acids is 2. The summed E-state index contributed by atoms with van der Waals surface area (Å²) in [4.78, 5) is 27.6. The number of alkyl halides is 3. The first kappa shape index (κ1) is 20.2. The normalized spacial score (nSPS) is 29.9. The molecule has 2 aliphatic carbocycles. The number of hydrogen-bond acceptors (Lipinski definition) is 3. The van der Waals surface area contributed by atoms with Gasteiger partial charge in [0.15, 0.2) is 0 Å². The zero-order valence-corrected chi connectivity index (χ0v) is 16.3. The third kappa shape index (κ3) is 3.86. The highest BCUT2D eigenvalue weighted by Gasteiger charge is 2.54. The Labute approximate surface area is 167 Å². The van der Waals surface area contributed by atoms with Crippen LogP contribution in [0.4, 0.5) is 13.2 Å². The molecule has 158 valence electrons. The second-order valence-corrected chi connectivity index (χ2v) is 8.46. The van der Waals surface area contributed by atoms with Crippen molar-refractivity contribution in [1.29, 1.82) is 0 Å². The van der Waals surface area contributed by atoms with Crippen molar-refractivity contribution in [2.24, 2.45) is 5.92 Å². The van der Waals surface area contributed by atoms with Crippen LogP contribution in [-0.2, 0) is 15.7 Å². The first-order valence-electron chi connectivity index (χ1n) is 10.2. The van der Waals surface area contributed by atoms with E-state index in [2.05, 4.69) is 12.2 Å². The van der Waals surface area contributed by atoms with Gasteiger partial charge in [0, 0.05) is 6.04 Å². The van der Waals surface area contributed by atoms with Gasteiger partial charge in [-0.2, -0.15) is 13.2 Å². The summed E-state index contributed by atoms with van der Waals surface area (Å²) in [7, 11) is 0. The average molecular weight is 410 g/mol. The van der Waals surface area contributed by atoms with Crippen LogP contribution in [0.15, 0.2) is 24.3 Å². The fourth-order valence-corrected chi connectivity index (χ4v) is 4.35. The van der Waals surface area contributed by atoms with Crippen molar-refractivity contribution >= 4 is 11.8 Å². The Morgan fingerprint density at radius 3 is 2.41 bits per heavy atom. The summed E-state index contributed by atoms with van der Waals surface area (Å²) < 4.78 is 46.6. The molecule has 1 aromatic rings. The van der Waals surface area contributed by atoms with Crippen molar-refractivity contribution in [2.45, 2.75) is 69.4 Å². The van der Waals surface area contributed by atoms with Gasteiger partial charge in [-0.05, 0) is 56.6 Å². The molecular weight excluding hydrogens is 385 g/mol. The van der Waals surface area contributed by atoms with Crippen LogP contribution in [0.3, 0.4) is 0 Å². The molecule has 2 saturated carbocycles. The van der Waals surface area contributed by atoms with E-state index in [-0.39, 0.29) is 18.6 Å². The molecule has 3 aliphatic rings. The molecule has 0 unspecified atom stereocenters. The third-order valence-electron chi connectivity index (χ3n) is 6.22. The SMILES string of the molecule is CC1CCC2(CC1)OC[C@@H](C(=O)NC1CC1)N2C(=O)c1ccccc1C(F)(F)F. The maximum Gasteiger partial charge on any atom is 0.417 e. The molecule has 1 aromatic carbocycles. The van der Waals surface area contributed by atoms with Gasteiger partial charge in [-0.25, -0.2) is 0 Å². The molecule has 3 fully saturated rings. The van der Waals surface area contributed by atoms with Gasteiger partial charge in [-0.15, -0.1) is 0 Å². The summed E-state index contributed by atoms with van der Waals surface area (Å²) in [6.07, 6.45) is -0.279. The van der Waals surface area contributed by atoms with E-state index in [0.717, 1.165) is 31.7 Å². The van der Waals surface area contributed by atoms with Crippen LogP contribution >= 0.6 is 0 Å². The van der Waals surface area contributed by atoms with E-state index in [0.29, 0.717) is 18.8 Å². The minimum atomic E-state index is -4.66. The number of halogens is 3. The number of carbonyl (C=O) groups is 2. The summed E-state index contributed by atoms with van der Waals surface area (Å²) >= 11 is 0. The molecule has 2 amide bonds. The molecular formula is C21H25F3N2O3. The Morgan fingerprint density at radius 2 is 1.79 bits per heavy atom. The lowest BCUT2D eigenvalue weighted by atomic mass is 9.83.